The van der Waals surface area contributed by atoms with E-state index in [0.29, 0.717) is 5.92 Å². The summed E-state index contributed by atoms with van der Waals surface area (Å²) < 4.78 is 1.51. The van der Waals surface area contributed by atoms with Crippen LogP contribution in [0.4, 0.5) is 0 Å². The van der Waals surface area contributed by atoms with E-state index >= 15 is 0 Å². The number of allylic oxidation sites excluding steroid dienone is 4. The van der Waals surface area contributed by atoms with E-state index in [-0.39, 0.29) is 35.6 Å². The smallest absolute Gasteiger partial charge is 1.00 e. The third-order valence-corrected chi connectivity index (χ3v) is 6.56. The van der Waals surface area contributed by atoms with Crippen LogP contribution in [0.25, 0.3) is 16.7 Å². The van der Waals surface area contributed by atoms with E-state index in [1.54, 1.807) is 24.2 Å². The van der Waals surface area contributed by atoms with Crippen LogP contribution in [0.5, 0.6) is 0 Å². The van der Waals surface area contributed by atoms with Crippen molar-refractivity contribution in [3.63, 3.8) is 0 Å². The van der Waals surface area contributed by atoms with Gasteiger partial charge in [0.2, 0.25) is 0 Å². The van der Waals surface area contributed by atoms with E-state index in [0.717, 1.165) is 6.42 Å². The van der Waals surface area contributed by atoms with Crippen molar-refractivity contribution in [1.29, 1.82) is 0 Å². The standard InChI is InChI=1S/C21H25.C12H11.C3H6.2ClH.Zr/c1-20(2,3)16-9-7-14-11-15-8-10-17(21(4,5)6)13-19(15)18(14)12-16;1-10-7-8-12(9-10)11-5-3-2-4-6-11;1-3-2;;;/h7,9-10,12-13H,11H2,1-6H3;2-6,8-10H,1H3;1-2H3;2*1H;/q2*-1;;;;+2/p-2. The molecule has 39 heavy (non-hydrogen) atoms. The average molecular weight is 637 g/mol. The molecule has 3 aromatic carbocycles. The molecule has 1 atom stereocenters. The second-order valence-electron chi connectivity index (χ2n) is 12.4. The van der Waals surface area contributed by atoms with Gasteiger partial charge >= 0.3 is 41.3 Å². The average Bonchev–Trinajstić information content (AvgIpc) is 3.41. The second kappa shape index (κ2) is 14.9. The molecule has 2 aliphatic carbocycles. The van der Waals surface area contributed by atoms with Crippen LogP contribution >= 0.6 is 0 Å². The van der Waals surface area contributed by atoms with Crippen LogP contribution in [0.3, 0.4) is 0 Å². The molecular formula is C36H42Cl2Zr-2. The van der Waals surface area contributed by atoms with Crippen molar-refractivity contribution in [2.45, 2.75) is 79.6 Å². The maximum atomic E-state index is 3.53. The quantitative estimate of drug-likeness (QED) is 0.281. The summed E-state index contributed by atoms with van der Waals surface area (Å²) in [6.45, 7) is 20.0. The van der Waals surface area contributed by atoms with Gasteiger partial charge < -0.3 is 24.8 Å². The molecule has 0 aromatic heterocycles. The van der Waals surface area contributed by atoms with Crippen molar-refractivity contribution < 1.29 is 49.0 Å². The van der Waals surface area contributed by atoms with E-state index in [4.69, 9.17) is 0 Å². The minimum Gasteiger partial charge on any atom is -1.00 e. The first-order chi connectivity index (χ1) is 17.3. The summed E-state index contributed by atoms with van der Waals surface area (Å²) in [6.07, 6.45) is 8.58. The Bertz CT molecular complexity index is 1240. The first kappa shape index (κ1) is 35.5. The molecule has 0 bridgehead atoms. The van der Waals surface area contributed by atoms with Crippen LogP contribution in [-0.2, 0) is 41.5 Å². The number of benzene rings is 3. The summed E-state index contributed by atoms with van der Waals surface area (Å²) in [4.78, 5) is 0. The van der Waals surface area contributed by atoms with Gasteiger partial charge in [-0.1, -0.05) is 119 Å². The van der Waals surface area contributed by atoms with E-state index in [2.05, 4.69) is 141 Å². The van der Waals surface area contributed by atoms with Crippen LogP contribution in [0, 0.1) is 18.1 Å². The second-order valence-corrected chi connectivity index (χ2v) is 14.9. The minimum absolute atomic E-state index is 0. The topological polar surface area (TPSA) is 0 Å². The van der Waals surface area contributed by atoms with Gasteiger partial charge in [0.25, 0.3) is 0 Å². The Morgan fingerprint density at radius 2 is 1.38 bits per heavy atom. The van der Waals surface area contributed by atoms with E-state index in [1.165, 1.54) is 47.7 Å². The van der Waals surface area contributed by atoms with E-state index < -0.39 is 0 Å². The van der Waals surface area contributed by atoms with Gasteiger partial charge in [0.15, 0.2) is 0 Å². The summed E-state index contributed by atoms with van der Waals surface area (Å²) in [5.74, 6) is 0.472. The zero-order chi connectivity index (χ0) is 27.4. The van der Waals surface area contributed by atoms with Crippen LogP contribution in [0.2, 0.25) is 0 Å². The van der Waals surface area contributed by atoms with Crippen molar-refractivity contribution in [3.05, 3.63) is 113 Å². The Balaban J connectivity index is 0.000000360. The van der Waals surface area contributed by atoms with Crippen molar-refractivity contribution >= 4 is 8.78 Å². The molecule has 0 nitrogen and oxygen atoms in total. The Kier molecular flexibility index (Phi) is 13.6. The Hall–Kier alpha value is -1.53. The molecule has 0 heterocycles. The van der Waals surface area contributed by atoms with Gasteiger partial charge in [0.05, 0.1) is 0 Å². The molecule has 0 amide bonds. The minimum atomic E-state index is 0. The van der Waals surface area contributed by atoms with E-state index in [1.807, 2.05) is 6.07 Å². The molecule has 0 fully saturated rings. The van der Waals surface area contributed by atoms with Gasteiger partial charge in [-0.05, 0) is 17.4 Å². The summed E-state index contributed by atoms with van der Waals surface area (Å²) in [5, 5.41) is 0. The third kappa shape index (κ3) is 10.1. The summed E-state index contributed by atoms with van der Waals surface area (Å²) in [7, 11) is 0. The Labute approximate surface area is 265 Å². The molecule has 3 heteroatoms. The monoisotopic (exact) mass is 634 g/mol. The van der Waals surface area contributed by atoms with Crippen LogP contribution < -0.4 is 24.8 Å². The molecule has 206 valence electrons. The summed E-state index contributed by atoms with van der Waals surface area (Å²) in [5.41, 5.74) is 11.3. The molecule has 1 unspecified atom stereocenters. The Morgan fingerprint density at radius 1 is 0.821 bits per heavy atom. The first-order valence-corrected chi connectivity index (χ1v) is 14.6. The van der Waals surface area contributed by atoms with Gasteiger partial charge in [0, 0.05) is 0 Å². The van der Waals surface area contributed by atoms with Crippen molar-refractivity contribution in [2.75, 3.05) is 0 Å². The maximum absolute atomic E-state index is 3.53. The normalized spacial score (nSPS) is 14.7. The fraction of sp³-hybridized carbons (Fsp3) is 0.361. The van der Waals surface area contributed by atoms with Gasteiger partial charge in [-0.2, -0.15) is 41.0 Å². The van der Waals surface area contributed by atoms with Crippen LogP contribution in [0.1, 0.15) is 90.1 Å². The van der Waals surface area contributed by atoms with Gasteiger partial charge in [-0.15, -0.1) is 11.1 Å². The molecule has 0 saturated carbocycles. The molecule has 2 aliphatic rings. The molecule has 3 aromatic rings. The predicted molar refractivity (Wildman–Crippen MR) is 159 cm³/mol. The number of rotatable bonds is 1. The summed E-state index contributed by atoms with van der Waals surface area (Å²) in [6, 6.07) is 25.5. The molecule has 0 aliphatic heterocycles. The van der Waals surface area contributed by atoms with Gasteiger partial charge in [-0.25, -0.2) is 6.08 Å². The van der Waals surface area contributed by atoms with Gasteiger partial charge in [0.1, 0.15) is 0 Å². The molecule has 0 saturated heterocycles. The number of halogens is 2. The number of fused-ring (bicyclic) bond motifs is 3. The van der Waals surface area contributed by atoms with Crippen molar-refractivity contribution in [3.8, 4) is 11.1 Å². The molecule has 0 radical (unpaired) electrons. The maximum Gasteiger partial charge on any atom is -1.00 e. The van der Waals surface area contributed by atoms with Crippen molar-refractivity contribution in [1.82, 2.24) is 0 Å². The molecule has 5 rings (SSSR count). The largest absolute Gasteiger partial charge is 1.00 e. The molecule has 0 spiro atoms. The van der Waals surface area contributed by atoms with Gasteiger partial charge in [-0.3, -0.25) is 6.08 Å². The Morgan fingerprint density at radius 3 is 1.90 bits per heavy atom. The fourth-order valence-corrected chi connectivity index (χ4v) is 4.38. The number of hydrogen-bond donors (Lipinski definition) is 0. The van der Waals surface area contributed by atoms with E-state index in [9.17, 15) is 0 Å². The van der Waals surface area contributed by atoms with Crippen LogP contribution in [-0.4, -0.2) is 3.21 Å². The zero-order valence-corrected chi connectivity index (χ0v) is 28.9. The predicted octanol–water partition coefficient (Wildman–Crippen LogP) is 3.49. The van der Waals surface area contributed by atoms with Crippen LogP contribution in [0.15, 0.2) is 72.8 Å². The third-order valence-electron chi connectivity index (χ3n) is 6.56. The summed E-state index contributed by atoms with van der Waals surface area (Å²) >= 11 is 1.55. The van der Waals surface area contributed by atoms with Crippen molar-refractivity contribution in [2.24, 2.45) is 5.92 Å². The first-order valence-electron chi connectivity index (χ1n) is 13.3. The zero-order valence-electron chi connectivity index (χ0n) is 25.0. The molecule has 0 N–H and O–H groups in total. The fourth-order valence-electron chi connectivity index (χ4n) is 4.38. The SMILES string of the molecule is CC(C)(C)c1c[c-]c2c(c1)-c1cc(C(C)(C)C)ccc1C2.CC1[C-]=CC(c2ccccc2)=C1.C[C](C)=[Zr+2].[Cl-].[Cl-]. The number of hydrogen-bond acceptors (Lipinski definition) is 0. The molecular weight excluding hydrogens is 595 g/mol.